The molecule has 16 rings (SSSR count). The van der Waals surface area contributed by atoms with Crippen LogP contribution < -0.4 is 32.0 Å². The zero-order valence-corrected chi connectivity index (χ0v) is 60.7. The number of amides is 4. The highest BCUT2D eigenvalue weighted by Crippen LogP contribution is 2.61. The van der Waals surface area contributed by atoms with Crippen molar-refractivity contribution in [3.63, 3.8) is 0 Å². The fraction of sp³-hybridized carbons (Fsp3) is 0.447. The number of carbonyl (C=O) groups is 4. The molecule has 4 fully saturated rings. The lowest BCUT2D eigenvalue weighted by Gasteiger charge is -2.53. The van der Waals surface area contributed by atoms with Crippen LogP contribution in [0.25, 0.3) is 22.3 Å². The number of aromatic nitrogens is 2. The van der Waals surface area contributed by atoms with E-state index in [4.69, 9.17) is 0 Å². The third kappa shape index (κ3) is 9.50. The Hall–Kier alpha value is -8.51. The third-order valence-electron chi connectivity index (χ3n) is 23.9. The summed E-state index contributed by atoms with van der Waals surface area (Å²) < 4.78 is 7.76. The van der Waals surface area contributed by atoms with Crippen LogP contribution in [0.1, 0.15) is 220 Å². The van der Waals surface area contributed by atoms with Gasteiger partial charge in [-0.2, -0.15) is 0 Å². The van der Waals surface area contributed by atoms with Crippen molar-refractivity contribution in [3.05, 3.63) is 199 Å². The monoisotopic (exact) mass is 1290 g/mol. The van der Waals surface area contributed by atoms with Crippen LogP contribution in [0.5, 0.6) is 0 Å². The van der Waals surface area contributed by atoms with E-state index in [2.05, 4.69) is 263 Å². The Balaban J connectivity index is 1.07. The normalized spacial score (nSPS) is 24.9. The lowest BCUT2D eigenvalue weighted by Crippen LogP contribution is -2.74. The van der Waals surface area contributed by atoms with Crippen molar-refractivity contribution in [1.29, 1.82) is 0 Å². The van der Waals surface area contributed by atoms with Gasteiger partial charge in [-0.25, -0.2) is 9.13 Å². The van der Waals surface area contributed by atoms with E-state index in [1.807, 2.05) is 36.4 Å². The molecular weight excluding hydrogens is 1200 g/mol. The minimum absolute atomic E-state index is 0.0359. The molecule has 2 aromatic heterocycles. The number of benzene rings is 4. The molecule has 97 heavy (non-hydrogen) atoms. The summed E-state index contributed by atoms with van der Waals surface area (Å²) in [5.74, 6) is -2.08. The highest BCUT2D eigenvalue weighted by Gasteiger charge is 2.69. The maximum absolute atomic E-state index is 14.9. The van der Waals surface area contributed by atoms with Gasteiger partial charge in [-0.1, -0.05) is 193 Å². The standard InChI is InChI=1S/C85H96N8O4/c1-77(2,3)47-35-45(36-48(39-47)78(4,5)6)67-59-27-31-63-71(69-55(86-73(94)51-41-81(51,13)14)23-21-24-56(69)87-74(95)52-42-82(52,15)16)65-33-29-61-68(46-37-49(79(7,8)9)40-50(38-46)80(10,11)12)62-30-34-66-72(64-32-28-60(67)91(64)85(90(59)63,92(61)65)93(62)66)70-57(88-75(96)53-43-83(53,17)18)25-22-26-58(70)89-76(97)54-44-84(54,19)20/h21-40,51-54,59H,41-44H2,1-20H3,(H3-,86,87,88,89,94,95,96,97)/p+1. The zero-order chi connectivity index (χ0) is 69.1. The molecule has 4 aliphatic carbocycles. The van der Waals surface area contributed by atoms with Crippen molar-refractivity contribution in [1.82, 2.24) is 14.0 Å². The number of allylic oxidation sites excluding steroid dienone is 3. The molecule has 6 unspecified atom stereocenters. The first-order valence-corrected chi connectivity index (χ1v) is 35.6. The van der Waals surface area contributed by atoms with Crippen LogP contribution in [0, 0.1) is 45.3 Å². The average Bonchev–Trinajstić information content (AvgIpc) is 1.39. The molecule has 6 atom stereocenters. The number of hydrogen-bond acceptors (Lipinski definition) is 5. The van der Waals surface area contributed by atoms with Gasteiger partial charge in [0.15, 0.2) is 0 Å². The molecule has 12 nitrogen and oxygen atoms in total. The summed E-state index contributed by atoms with van der Waals surface area (Å²) in [7, 11) is 0. The van der Waals surface area contributed by atoms with Gasteiger partial charge in [0.25, 0.3) is 0 Å². The molecule has 10 aliphatic rings. The van der Waals surface area contributed by atoms with E-state index in [0.29, 0.717) is 22.7 Å². The van der Waals surface area contributed by atoms with E-state index in [1.165, 1.54) is 22.3 Å². The Labute approximate surface area is 572 Å². The molecule has 500 valence electrons. The van der Waals surface area contributed by atoms with Crippen LogP contribution >= 0.6 is 0 Å². The van der Waals surface area contributed by atoms with E-state index in [-0.39, 0.29) is 96.7 Å². The zero-order valence-electron chi connectivity index (χ0n) is 60.7. The number of carbonyl (C=O) groups excluding carboxylic acids is 4. The molecule has 6 aromatic rings. The van der Waals surface area contributed by atoms with E-state index < -0.39 is 5.91 Å². The average molecular weight is 1290 g/mol. The van der Waals surface area contributed by atoms with Crippen molar-refractivity contribution in [2.45, 2.75) is 198 Å². The van der Waals surface area contributed by atoms with E-state index >= 15 is 0 Å². The summed E-state index contributed by atoms with van der Waals surface area (Å²) in [4.78, 5) is 62.2. The lowest BCUT2D eigenvalue weighted by molar-refractivity contribution is -0.638. The molecule has 1 spiro atoms. The molecule has 0 bridgehead atoms. The second-order valence-electron chi connectivity index (χ2n) is 37.0. The van der Waals surface area contributed by atoms with Crippen molar-refractivity contribution in [3.8, 4) is 0 Å². The van der Waals surface area contributed by atoms with Gasteiger partial charge >= 0.3 is 5.91 Å². The number of nitrogens with zero attached hydrogens (tertiary/aromatic N) is 4. The molecule has 12 heteroatoms. The molecule has 0 radical (unpaired) electrons. The van der Waals surface area contributed by atoms with Crippen LogP contribution in [0.4, 0.5) is 22.7 Å². The topological polar surface area (TPSA) is 133 Å². The third-order valence-corrected chi connectivity index (χ3v) is 23.9. The maximum Gasteiger partial charge on any atom is 0.426 e. The van der Waals surface area contributed by atoms with Crippen molar-refractivity contribution in [2.24, 2.45) is 45.3 Å². The van der Waals surface area contributed by atoms with Crippen LogP contribution in [0.3, 0.4) is 0 Å². The second kappa shape index (κ2) is 19.9. The molecule has 0 saturated heterocycles. The van der Waals surface area contributed by atoms with Gasteiger partial charge in [-0.15, -0.1) is 4.58 Å². The number of nitrogens with one attached hydrogen (secondary N) is 4. The lowest BCUT2D eigenvalue weighted by atomic mass is 9.78. The first-order chi connectivity index (χ1) is 45.2. The predicted octanol–water partition coefficient (Wildman–Crippen LogP) is 15.8. The fourth-order valence-electron chi connectivity index (χ4n) is 16.9. The van der Waals surface area contributed by atoms with Crippen LogP contribution in [0.2, 0.25) is 0 Å². The minimum Gasteiger partial charge on any atom is -0.325 e. The van der Waals surface area contributed by atoms with Crippen LogP contribution in [-0.4, -0.2) is 54.0 Å². The Bertz CT molecular complexity index is 4760. The van der Waals surface area contributed by atoms with E-state index in [9.17, 15) is 19.2 Å². The fourth-order valence-corrected chi connectivity index (χ4v) is 16.9. The second-order valence-corrected chi connectivity index (χ2v) is 37.0. The predicted molar refractivity (Wildman–Crippen MR) is 390 cm³/mol. The molecular formula is C85H97N8O4+. The summed E-state index contributed by atoms with van der Waals surface area (Å²) >= 11 is 0. The van der Waals surface area contributed by atoms with Gasteiger partial charge in [0, 0.05) is 58.1 Å². The van der Waals surface area contributed by atoms with Crippen molar-refractivity contribution in [2.75, 3.05) is 21.3 Å². The SMILES string of the molecule is CC(C)(C)c1cc(C2=C3C=CC4=[N+]3C35N6C(=C(c7c(NC(=O)C8CC8(C)C)cccc7NC(=O)C7CC7(C)C)c7ccc2n73)C=CC6C(c2cc(C(C)(C)C)cc(C(C)(C)C)c2)=c2ccc(n25)=C4c2c(NC(=O)C3CC3(C)C)cccc2NC(=O)C2CC2(C)C)cc(C(C)(C)C)c1. The summed E-state index contributed by atoms with van der Waals surface area (Å²) in [5.41, 5.74) is 18.4. The van der Waals surface area contributed by atoms with Crippen LogP contribution in [0.15, 0.2) is 133 Å². The summed E-state index contributed by atoms with van der Waals surface area (Å²) in [6.07, 6.45) is 12.4. The first kappa shape index (κ1) is 63.2. The Kier molecular flexibility index (Phi) is 13.0. The number of hydrogen-bond donors (Lipinski definition) is 4. The Morgan fingerprint density at radius 1 is 0.433 bits per heavy atom. The molecule has 8 heterocycles. The number of anilines is 4. The van der Waals surface area contributed by atoms with Gasteiger partial charge in [0.1, 0.15) is 0 Å². The summed E-state index contributed by atoms with van der Waals surface area (Å²) in [6.45, 7) is 44.9. The maximum atomic E-state index is 14.9. The molecule has 4 saturated carbocycles. The smallest absolute Gasteiger partial charge is 0.325 e. The molecule has 4 N–H and O–H groups in total. The van der Waals surface area contributed by atoms with Gasteiger partial charge in [-0.05, 0) is 157 Å². The molecule has 4 amide bonds. The van der Waals surface area contributed by atoms with Gasteiger partial charge in [0.05, 0.1) is 67.7 Å². The highest BCUT2D eigenvalue weighted by atomic mass is 16.2. The Morgan fingerprint density at radius 3 is 1.20 bits per heavy atom. The Morgan fingerprint density at radius 2 is 0.804 bits per heavy atom. The first-order valence-electron chi connectivity index (χ1n) is 35.6. The highest BCUT2D eigenvalue weighted by molar-refractivity contribution is 6.31. The van der Waals surface area contributed by atoms with Gasteiger partial charge in [-0.3, -0.25) is 24.1 Å². The van der Waals surface area contributed by atoms with Crippen molar-refractivity contribution >= 4 is 74.4 Å². The molecule has 4 aromatic carbocycles. The molecule has 6 aliphatic heterocycles. The minimum atomic E-state index is -1.24. The number of rotatable bonds is 12. The largest absolute Gasteiger partial charge is 0.426 e. The quantitative estimate of drug-likeness (QED) is 0.0906. The van der Waals surface area contributed by atoms with Gasteiger partial charge in [0.2, 0.25) is 35.0 Å². The van der Waals surface area contributed by atoms with Crippen molar-refractivity contribution < 1.29 is 23.8 Å². The van der Waals surface area contributed by atoms with Gasteiger partial charge < -0.3 is 21.3 Å². The van der Waals surface area contributed by atoms with Crippen LogP contribution in [-0.2, 0) is 46.7 Å². The summed E-state index contributed by atoms with van der Waals surface area (Å²) in [5, 5.41) is 16.1. The van der Waals surface area contributed by atoms with E-state index in [1.54, 1.807) is 0 Å². The summed E-state index contributed by atoms with van der Waals surface area (Å²) in [6, 6.07) is 35.3. The van der Waals surface area contributed by atoms with E-state index in [0.717, 1.165) is 109 Å².